The van der Waals surface area contributed by atoms with E-state index in [-0.39, 0.29) is 6.42 Å². The first-order valence-electron chi connectivity index (χ1n) is 6.39. The van der Waals surface area contributed by atoms with E-state index in [4.69, 9.17) is 5.11 Å². The Balaban J connectivity index is 2.06. The monoisotopic (exact) mass is 269 g/mol. The van der Waals surface area contributed by atoms with Gasteiger partial charge in [-0.25, -0.2) is 4.98 Å². The van der Waals surface area contributed by atoms with Crippen molar-refractivity contribution in [3.8, 4) is 0 Å². The highest BCUT2D eigenvalue weighted by atomic mass is 16.4. The van der Waals surface area contributed by atoms with Crippen molar-refractivity contribution in [3.05, 3.63) is 54.2 Å². The molecule has 0 aliphatic rings. The number of carboxylic acid groups (broad SMARTS) is 1. The largest absolute Gasteiger partial charge is 0.481 e. The number of aromatic nitrogens is 3. The molecule has 3 rings (SSSR count). The molecule has 0 atom stereocenters. The van der Waals surface area contributed by atoms with E-state index in [2.05, 4.69) is 9.55 Å². The average molecular weight is 269 g/mol. The molecule has 2 heterocycles. The number of hydrogen-bond acceptors (Lipinski definition) is 2. The van der Waals surface area contributed by atoms with Crippen LogP contribution in [0.2, 0.25) is 0 Å². The van der Waals surface area contributed by atoms with Gasteiger partial charge in [-0.3, -0.25) is 4.79 Å². The minimum atomic E-state index is -0.812. The summed E-state index contributed by atoms with van der Waals surface area (Å²) in [7, 11) is 1.95. The quantitative estimate of drug-likeness (QED) is 0.788. The Bertz CT molecular complexity index is 770. The molecule has 102 valence electrons. The summed E-state index contributed by atoms with van der Waals surface area (Å²) in [4.78, 5) is 15.1. The van der Waals surface area contributed by atoms with Crippen molar-refractivity contribution in [3.63, 3.8) is 0 Å². The normalized spacial score (nSPS) is 11.1. The van der Waals surface area contributed by atoms with E-state index in [1.807, 2.05) is 48.3 Å². The van der Waals surface area contributed by atoms with Gasteiger partial charge in [-0.05, 0) is 11.6 Å². The van der Waals surface area contributed by atoms with E-state index in [1.165, 1.54) is 0 Å². The number of benzene rings is 1. The van der Waals surface area contributed by atoms with E-state index in [1.54, 1.807) is 6.33 Å². The minimum Gasteiger partial charge on any atom is -0.481 e. The molecule has 3 aromatic rings. The molecule has 0 saturated carbocycles. The molecule has 1 N–H and O–H groups in total. The molecule has 0 aliphatic carbocycles. The Kier molecular flexibility index (Phi) is 3.02. The summed E-state index contributed by atoms with van der Waals surface area (Å²) in [5.41, 5.74) is 2.97. The van der Waals surface area contributed by atoms with E-state index in [0.29, 0.717) is 6.54 Å². The molecule has 5 heteroatoms. The lowest BCUT2D eigenvalue weighted by Gasteiger charge is -2.05. The van der Waals surface area contributed by atoms with Crippen LogP contribution in [0.5, 0.6) is 0 Å². The number of fused-ring (bicyclic) bond motifs is 1. The van der Waals surface area contributed by atoms with E-state index in [0.717, 1.165) is 22.2 Å². The highest BCUT2D eigenvalue weighted by molar-refractivity contribution is 5.87. The molecule has 0 radical (unpaired) electrons. The van der Waals surface area contributed by atoms with Crippen LogP contribution in [0.3, 0.4) is 0 Å². The van der Waals surface area contributed by atoms with Gasteiger partial charge in [0.2, 0.25) is 0 Å². The second-order valence-electron chi connectivity index (χ2n) is 4.87. The number of rotatable bonds is 4. The summed E-state index contributed by atoms with van der Waals surface area (Å²) in [6.45, 7) is 0.677. The average Bonchev–Trinajstić information content (AvgIpc) is 2.96. The van der Waals surface area contributed by atoms with Crippen LogP contribution in [-0.4, -0.2) is 25.2 Å². The van der Waals surface area contributed by atoms with Gasteiger partial charge in [0.05, 0.1) is 25.0 Å². The Hall–Kier alpha value is -2.56. The van der Waals surface area contributed by atoms with Crippen LogP contribution >= 0.6 is 0 Å². The molecule has 0 spiro atoms. The smallest absolute Gasteiger partial charge is 0.307 e. The lowest BCUT2D eigenvalue weighted by atomic mass is 10.1. The van der Waals surface area contributed by atoms with Gasteiger partial charge >= 0.3 is 5.97 Å². The molecule has 5 nitrogen and oxygen atoms in total. The second kappa shape index (κ2) is 4.85. The van der Waals surface area contributed by atoms with Gasteiger partial charge in [0, 0.05) is 30.3 Å². The van der Waals surface area contributed by atoms with E-state index >= 15 is 0 Å². The van der Waals surface area contributed by atoms with Crippen molar-refractivity contribution in [1.29, 1.82) is 0 Å². The number of carbonyl (C=O) groups is 1. The zero-order valence-electron chi connectivity index (χ0n) is 11.2. The van der Waals surface area contributed by atoms with Crippen LogP contribution < -0.4 is 0 Å². The summed E-state index contributed by atoms with van der Waals surface area (Å²) in [6, 6.07) is 7.87. The zero-order valence-corrected chi connectivity index (χ0v) is 11.2. The van der Waals surface area contributed by atoms with Crippen LogP contribution in [0, 0.1) is 0 Å². The number of nitrogens with zero attached hydrogens (tertiary/aromatic N) is 3. The van der Waals surface area contributed by atoms with Gasteiger partial charge in [-0.15, -0.1) is 0 Å². The van der Waals surface area contributed by atoms with Crippen molar-refractivity contribution in [2.24, 2.45) is 7.05 Å². The number of imidazole rings is 1. The Morgan fingerprint density at radius 3 is 2.85 bits per heavy atom. The molecular formula is C15H15N3O2. The topological polar surface area (TPSA) is 60.0 Å². The maximum absolute atomic E-state index is 11.0. The molecule has 0 saturated heterocycles. The first-order valence-corrected chi connectivity index (χ1v) is 6.39. The van der Waals surface area contributed by atoms with Crippen LogP contribution in [0.4, 0.5) is 0 Å². The van der Waals surface area contributed by atoms with Crippen molar-refractivity contribution < 1.29 is 9.90 Å². The molecule has 0 fully saturated rings. The predicted octanol–water partition coefficient (Wildman–Crippen LogP) is 2.05. The Morgan fingerprint density at radius 2 is 2.15 bits per heavy atom. The molecule has 2 aromatic heterocycles. The number of aliphatic carboxylic acids is 1. The predicted molar refractivity (Wildman–Crippen MR) is 75.6 cm³/mol. The third kappa shape index (κ3) is 2.18. The summed E-state index contributed by atoms with van der Waals surface area (Å²) < 4.78 is 4.04. The van der Waals surface area contributed by atoms with Crippen LogP contribution in [0.1, 0.15) is 11.3 Å². The fourth-order valence-electron chi connectivity index (χ4n) is 2.47. The molecular weight excluding hydrogens is 254 g/mol. The fourth-order valence-corrected chi connectivity index (χ4v) is 2.47. The van der Waals surface area contributed by atoms with Gasteiger partial charge < -0.3 is 14.2 Å². The van der Waals surface area contributed by atoms with Crippen molar-refractivity contribution in [2.75, 3.05) is 0 Å². The summed E-state index contributed by atoms with van der Waals surface area (Å²) in [5.74, 6) is -0.812. The van der Waals surface area contributed by atoms with Crippen molar-refractivity contribution in [2.45, 2.75) is 13.0 Å². The van der Waals surface area contributed by atoms with Crippen LogP contribution in [0.15, 0.2) is 43.0 Å². The minimum absolute atomic E-state index is 0.0406. The van der Waals surface area contributed by atoms with Gasteiger partial charge in [-0.1, -0.05) is 18.2 Å². The summed E-state index contributed by atoms with van der Waals surface area (Å²) in [6.07, 6.45) is 5.55. The second-order valence-corrected chi connectivity index (χ2v) is 4.87. The maximum atomic E-state index is 11.0. The highest BCUT2D eigenvalue weighted by Crippen LogP contribution is 2.22. The van der Waals surface area contributed by atoms with Crippen LogP contribution in [-0.2, 0) is 24.8 Å². The molecule has 1 aromatic carbocycles. The third-order valence-corrected chi connectivity index (χ3v) is 3.46. The summed E-state index contributed by atoms with van der Waals surface area (Å²) >= 11 is 0. The van der Waals surface area contributed by atoms with E-state index < -0.39 is 5.97 Å². The first-order chi connectivity index (χ1) is 9.65. The molecule has 0 bridgehead atoms. The number of carboxylic acids is 1. The standard InChI is InChI=1S/C15H15N3O2/c1-17-10-16-7-12(17)9-18-8-11(6-15(19)20)13-4-2-3-5-14(13)18/h2-5,7-8,10H,6,9H2,1H3,(H,19,20). The van der Waals surface area contributed by atoms with Gasteiger partial charge in [-0.2, -0.15) is 0 Å². The van der Waals surface area contributed by atoms with Crippen LogP contribution in [0.25, 0.3) is 10.9 Å². The Morgan fingerprint density at radius 1 is 1.35 bits per heavy atom. The first kappa shape index (κ1) is 12.5. The fraction of sp³-hybridized carbons (Fsp3) is 0.200. The van der Waals surface area contributed by atoms with Gasteiger partial charge in [0.25, 0.3) is 0 Å². The zero-order chi connectivity index (χ0) is 14.1. The van der Waals surface area contributed by atoms with Crippen molar-refractivity contribution in [1.82, 2.24) is 14.1 Å². The number of para-hydroxylation sites is 1. The SMILES string of the molecule is Cn1cncc1Cn1cc(CC(=O)O)c2ccccc21. The van der Waals surface area contributed by atoms with Gasteiger partial charge in [0.1, 0.15) is 0 Å². The summed E-state index contributed by atoms with van der Waals surface area (Å²) in [5, 5.41) is 10.0. The molecule has 20 heavy (non-hydrogen) atoms. The Labute approximate surface area is 116 Å². The number of hydrogen-bond donors (Lipinski definition) is 1. The molecule has 0 unspecified atom stereocenters. The molecule has 0 amide bonds. The third-order valence-electron chi connectivity index (χ3n) is 3.46. The lowest BCUT2D eigenvalue weighted by molar-refractivity contribution is -0.136. The maximum Gasteiger partial charge on any atom is 0.307 e. The lowest BCUT2D eigenvalue weighted by Crippen LogP contribution is -2.03. The van der Waals surface area contributed by atoms with Gasteiger partial charge in [0.15, 0.2) is 0 Å². The molecule has 0 aliphatic heterocycles. The highest BCUT2D eigenvalue weighted by Gasteiger charge is 2.11. The van der Waals surface area contributed by atoms with Crippen molar-refractivity contribution >= 4 is 16.9 Å². The van der Waals surface area contributed by atoms with E-state index in [9.17, 15) is 4.79 Å². The number of aryl methyl sites for hydroxylation is 1.